The maximum absolute atomic E-state index is 11.1. The molecule has 0 amide bonds. The molecule has 0 saturated heterocycles. The lowest BCUT2D eigenvalue weighted by Gasteiger charge is -2.19. The van der Waals surface area contributed by atoms with E-state index in [9.17, 15) is 4.79 Å². The molecule has 0 aliphatic rings. The predicted octanol–water partition coefficient (Wildman–Crippen LogP) is 3.36. The highest BCUT2D eigenvalue weighted by molar-refractivity contribution is 9.10. The van der Waals surface area contributed by atoms with Crippen LogP contribution in [0.4, 0.5) is 0 Å². The average molecular weight is 391 g/mol. The summed E-state index contributed by atoms with van der Waals surface area (Å²) in [5.41, 5.74) is 0.108. The molecule has 0 radical (unpaired) electrons. The van der Waals surface area contributed by atoms with Crippen LogP contribution in [0.3, 0.4) is 0 Å². The highest BCUT2D eigenvalue weighted by Crippen LogP contribution is 2.28. The van der Waals surface area contributed by atoms with Gasteiger partial charge in [0.05, 0.1) is 0 Å². The fourth-order valence-corrected chi connectivity index (χ4v) is 2.33. The summed E-state index contributed by atoms with van der Waals surface area (Å²) >= 11 is 3.39. The first-order valence-corrected chi connectivity index (χ1v) is 8.14. The summed E-state index contributed by atoms with van der Waals surface area (Å²) in [6, 6.07) is 10.4. The molecule has 0 aliphatic carbocycles. The summed E-state index contributed by atoms with van der Waals surface area (Å²) < 4.78 is 12.2. The molecule has 7 nitrogen and oxygen atoms in total. The van der Waals surface area contributed by atoms with Crippen LogP contribution < -0.4 is 10.3 Å². The second-order valence-corrected chi connectivity index (χ2v) is 6.42. The molecule has 0 bridgehead atoms. The zero-order chi connectivity index (χ0) is 17.1. The van der Waals surface area contributed by atoms with Gasteiger partial charge in [0.2, 0.25) is 5.82 Å². The number of rotatable bonds is 5. The van der Waals surface area contributed by atoms with E-state index in [0.29, 0.717) is 17.3 Å². The second kappa shape index (κ2) is 6.96. The quantitative estimate of drug-likeness (QED) is 0.717. The first kappa shape index (κ1) is 16.4. The molecule has 0 saturated carbocycles. The maximum Gasteiger partial charge on any atom is 0.278 e. The maximum atomic E-state index is 11.1. The van der Waals surface area contributed by atoms with E-state index < -0.39 is 0 Å². The number of nitrogens with zero attached hydrogens (tertiary/aromatic N) is 3. The van der Waals surface area contributed by atoms with Crippen LogP contribution in [0.5, 0.6) is 5.75 Å². The van der Waals surface area contributed by atoms with Crippen LogP contribution in [0, 0.1) is 5.92 Å². The number of halogens is 1. The minimum absolute atomic E-state index is 0.127. The van der Waals surface area contributed by atoms with Crippen LogP contribution in [-0.4, -0.2) is 20.3 Å². The number of ether oxygens (including phenoxy) is 1. The standard InChI is InChI=1S/C16H15BrN4O3/c1-9(2)14(23-11-5-3-10(17)4-6-11)15-18-16(24-21-15)12-7-8-13(22)20-19-12/h3-9,14H,1-2H3,(H,20,22). The predicted molar refractivity (Wildman–Crippen MR) is 90.5 cm³/mol. The Kier molecular flexibility index (Phi) is 4.75. The number of benzene rings is 1. The molecule has 1 aromatic carbocycles. The average Bonchev–Trinajstić information content (AvgIpc) is 3.04. The van der Waals surface area contributed by atoms with Gasteiger partial charge in [-0.1, -0.05) is 34.9 Å². The Bertz CT molecular complexity index is 853. The van der Waals surface area contributed by atoms with Crippen molar-refractivity contribution >= 4 is 15.9 Å². The van der Waals surface area contributed by atoms with E-state index in [1.165, 1.54) is 12.1 Å². The first-order chi connectivity index (χ1) is 11.5. The third-order valence-corrected chi connectivity index (χ3v) is 3.81. The molecule has 3 rings (SSSR count). The Morgan fingerprint density at radius 2 is 1.92 bits per heavy atom. The van der Waals surface area contributed by atoms with Gasteiger partial charge in [0.15, 0.2) is 6.10 Å². The van der Waals surface area contributed by atoms with E-state index in [1.807, 2.05) is 38.1 Å². The van der Waals surface area contributed by atoms with Crippen molar-refractivity contribution < 1.29 is 9.26 Å². The van der Waals surface area contributed by atoms with Crippen molar-refractivity contribution in [2.75, 3.05) is 0 Å². The van der Waals surface area contributed by atoms with Gasteiger partial charge < -0.3 is 9.26 Å². The topological polar surface area (TPSA) is 93.9 Å². The number of aromatic amines is 1. The van der Waals surface area contributed by atoms with Crippen molar-refractivity contribution in [3.05, 3.63) is 57.0 Å². The van der Waals surface area contributed by atoms with Gasteiger partial charge in [0.1, 0.15) is 11.4 Å². The SMILES string of the molecule is CC(C)C(Oc1ccc(Br)cc1)c1noc(-c2ccc(=O)[nH]n2)n1. The monoisotopic (exact) mass is 390 g/mol. The molecule has 1 atom stereocenters. The molecular weight excluding hydrogens is 376 g/mol. The first-order valence-electron chi connectivity index (χ1n) is 7.35. The molecule has 2 aromatic heterocycles. The van der Waals surface area contributed by atoms with Crippen LogP contribution in [-0.2, 0) is 0 Å². The Hall–Kier alpha value is -2.48. The van der Waals surface area contributed by atoms with E-state index in [4.69, 9.17) is 9.26 Å². The van der Waals surface area contributed by atoms with E-state index in [-0.39, 0.29) is 23.5 Å². The minimum atomic E-state index is -0.369. The van der Waals surface area contributed by atoms with E-state index in [2.05, 4.69) is 36.3 Å². The summed E-state index contributed by atoms with van der Waals surface area (Å²) in [4.78, 5) is 15.4. The van der Waals surface area contributed by atoms with Gasteiger partial charge >= 0.3 is 0 Å². The Labute approximate surface area is 146 Å². The third kappa shape index (κ3) is 3.70. The van der Waals surface area contributed by atoms with Crippen molar-refractivity contribution in [3.8, 4) is 17.3 Å². The highest BCUT2D eigenvalue weighted by Gasteiger charge is 2.24. The molecule has 1 unspecified atom stereocenters. The van der Waals surface area contributed by atoms with Gasteiger partial charge in [-0.25, -0.2) is 5.10 Å². The molecule has 24 heavy (non-hydrogen) atoms. The van der Waals surface area contributed by atoms with Crippen molar-refractivity contribution in [2.45, 2.75) is 20.0 Å². The van der Waals surface area contributed by atoms with Crippen LogP contribution in [0.25, 0.3) is 11.6 Å². The Morgan fingerprint density at radius 3 is 2.54 bits per heavy atom. The summed E-state index contributed by atoms with van der Waals surface area (Å²) in [7, 11) is 0. The third-order valence-electron chi connectivity index (χ3n) is 3.28. The molecule has 0 aliphatic heterocycles. The number of H-pyrrole nitrogens is 1. The fourth-order valence-electron chi connectivity index (χ4n) is 2.06. The number of hydrogen-bond donors (Lipinski definition) is 1. The summed E-state index contributed by atoms with van der Waals surface area (Å²) in [6.07, 6.45) is -0.369. The lowest BCUT2D eigenvalue weighted by atomic mass is 10.1. The van der Waals surface area contributed by atoms with Crippen LogP contribution in [0.15, 0.2) is 50.2 Å². The Morgan fingerprint density at radius 1 is 1.17 bits per heavy atom. The van der Waals surface area contributed by atoms with E-state index >= 15 is 0 Å². The molecule has 2 heterocycles. The molecule has 124 valence electrons. The van der Waals surface area contributed by atoms with E-state index in [1.54, 1.807) is 0 Å². The molecule has 0 spiro atoms. The zero-order valence-electron chi connectivity index (χ0n) is 13.1. The van der Waals surface area contributed by atoms with Crippen LogP contribution in [0.1, 0.15) is 25.8 Å². The van der Waals surface area contributed by atoms with Gasteiger partial charge in [-0.3, -0.25) is 4.79 Å². The second-order valence-electron chi connectivity index (χ2n) is 5.50. The fraction of sp³-hybridized carbons (Fsp3) is 0.250. The minimum Gasteiger partial charge on any atom is -0.482 e. The van der Waals surface area contributed by atoms with Gasteiger partial charge in [-0.2, -0.15) is 10.1 Å². The molecule has 1 N–H and O–H groups in total. The Balaban J connectivity index is 1.85. The van der Waals surface area contributed by atoms with Crippen molar-refractivity contribution in [3.63, 3.8) is 0 Å². The molecule has 3 aromatic rings. The van der Waals surface area contributed by atoms with Gasteiger partial charge in [-0.05, 0) is 36.2 Å². The molecule has 8 heteroatoms. The number of hydrogen-bond acceptors (Lipinski definition) is 6. The van der Waals surface area contributed by atoms with Crippen LogP contribution >= 0.6 is 15.9 Å². The largest absolute Gasteiger partial charge is 0.482 e. The molecular formula is C16H15BrN4O3. The lowest BCUT2D eigenvalue weighted by molar-refractivity contribution is 0.141. The van der Waals surface area contributed by atoms with Crippen molar-refractivity contribution in [1.29, 1.82) is 0 Å². The number of nitrogens with one attached hydrogen (secondary N) is 1. The van der Waals surface area contributed by atoms with E-state index in [0.717, 1.165) is 4.47 Å². The normalized spacial score (nSPS) is 12.3. The summed E-state index contributed by atoms with van der Waals surface area (Å²) in [5, 5.41) is 10.2. The molecule has 0 fully saturated rings. The van der Waals surface area contributed by atoms with Gasteiger partial charge in [0.25, 0.3) is 11.4 Å². The van der Waals surface area contributed by atoms with Crippen molar-refractivity contribution in [1.82, 2.24) is 20.3 Å². The lowest BCUT2D eigenvalue weighted by Crippen LogP contribution is -2.15. The smallest absolute Gasteiger partial charge is 0.278 e. The summed E-state index contributed by atoms with van der Waals surface area (Å²) in [5.74, 6) is 1.50. The van der Waals surface area contributed by atoms with Gasteiger partial charge in [-0.15, -0.1) is 0 Å². The van der Waals surface area contributed by atoms with Crippen molar-refractivity contribution in [2.24, 2.45) is 5.92 Å². The highest BCUT2D eigenvalue weighted by atomic mass is 79.9. The number of aromatic nitrogens is 4. The van der Waals surface area contributed by atoms with Gasteiger partial charge in [0, 0.05) is 10.5 Å². The van der Waals surface area contributed by atoms with Crippen LogP contribution in [0.2, 0.25) is 0 Å². The zero-order valence-corrected chi connectivity index (χ0v) is 14.6. The summed E-state index contributed by atoms with van der Waals surface area (Å²) in [6.45, 7) is 4.02.